The Balaban J connectivity index is 1.53. The predicted octanol–water partition coefficient (Wildman–Crippen LogP) is 5.20. The van der Waals surface area contributed by atoms with Crippen LogP contribution in [-0.2, 0) is 11.2 Å². The number of para-hydroxylation sites is 2. The molecular formula is C26H20N2O3. The Kier molecular flexibility index (Phi) is 4.64. The molecule has 0 bridgehead atoms. The van der Waals surface area contributed by atoms with E-state index < -0.39 is 18.0 Å². The van der Waals surface area contributed by atoms with Gasteiger partial charge in [-0.15, -0.1) is 0 Å². The highest BCUT2D eigenvalue weighted by atomic mass is 16.4. The fourth-order valence-corrected chi connectivity index (χ4v) is 4.25. The average molecular weight is 408 g/mol. The van der Waals surface area contributed by atoms with E-state index in [0.29, 0.717) is 0 Å². The molecule has 5 heteroatoms. The second-order valence-corrected chi connectivity index (χ2v) is 7.55. The summed E-state index contributed by atoms with van der Waals surface area (Å²) in [6, 6.07) is 27.4. The lowest BCUT2D eigenvalue weighted by atomic mass is 9.99. The van der Waals surface area contributed by atoms with Crippen LogP contribution in [0, 0.1) is 0 Å². The molecule has 1 atom stereocenters. The summed E-state index contributed by atoms with van der Waals surface area (Å²) in [6.45, 7) is 0. The van der Waals surface area contributed by atoms with Crippen LogP contribution in [0.4, 0.5) is 4.79 Å². The Morgan fingerprint density at radius 3 is 1.94 bits per heavy atom. The Morgan fingerprint density at radius 2 is 1.29 bits per heavy atom. The maximum absolute atomic E-state index is 13.3. The van der Waals surface area contributed by atoms with Crippen LogP contribution in [0.3, 0.4) is 0 Å². The number of benzene rings is 4. The zero-order valence-electron chi connectivity index (χ0n) is 16.7. The molecule has 1 heterocycles. The van der Waals surface area contributed by atoms with Gasteiger partial charge in [0.1, 0.15) is 6.04 Å². The van der Waals surface area contributed by atoms with E-state index in [9.17, 15) is 14.7 Å². The molecule has 1 aromatic heterocycles. The molecule has 152 valence electrons. The first kappa shape index (κ1) is 18.9. The third-order valence-corrected chi connectivity index (χ3v) is 5.68. The molecule has 5 rings (SSSR count). The molecule has 0 radical (unpaired) electrons. The highest BCUT2D eigenvalue weighted by Crippen LogP contribution is 2.28. The SMILES string of the molecule is O=C(O)[C@@H](Cc1cccc2ccccc12)NC(=O)n1c2ccccc2c2ccccc21. The number of aliphatic carboxylic acids is 1. The second kappa shape index (κ2) is 7.61. The molecule has 0 saturated carbocycles. The van der Waals surface area contributed by atoms with Gasteiger partial charge in [-0.2, -0.15) is 0 Å². The van der Waals surface area contributed by atoms with Gasteiger partial charge in [-0.25, -0.2) is 9.59 Å². The third kappa shape index (κ3) is 3.30. The molecule has 0 unspecified atom stereocenters. The van der Waals surface area contributed by atoms with Gasteiger partial charge in [0.15, 0.2) is 0 Å². The van der Waals surface area contributed by atoms with E-state index in [-0.39, 0.29) is 6.42 Å². The van der Waals surface area contributed by atoms with Crippen molar-refractivity contribution in [2.45, 2.75) is 12.5 Å². The molecule has 1 amide bonds. The molecule has 5 nitrogen and oxygen atoms in total. The number of rotatable bonds is 4. The average Bonchev–Trinajstić information content (AvgIpc) is 3.13. The first-order valence-electron chi connectivity index (χ1n) is 10.1. The summed E-state index contributed by atoms with van der Waals surface area (Å²) in [5.74, 6) is -1.07. The van der Waals surface area contributed by atoms with E-state index in [0.717, 1.165) is 38.1 Å². The van der Waals surface area contributed by atoms with Gasteiger partial charge in [0.25, 0.3) is 0 Å². The molecule has 5 aromatic rings. The number of hydrogen-bond acceptors (Lipinski definition) is 2. The number of hydrogen-bond donors (Lipinski definition) is 2. The number of carbonyl (C=O) groups excluding carboxylic acids is 1. The van der Waals surface area contributed by atoms with Crippen molar-refractivity contribution < 1.29 is 14.7 Å². The molecule has 2 N–H and O–H groups in total. The summed E-state index contributed by atoms with van der Waals surface area (Å²) in [6.07, 6.45) is 0.194. The number of fused-ring (bicyclic) bond motifs is 4. The lowest BCUT2D eigenvalue weighted by molar-refractivity contribution is -0.139. The van der Waals surface area contributed by atoms with Crippen LogP contribution in [0.25, 0.3) is 32.6 Å². The van der Waals surface area contributed by atoms with Crippen LogP contribution < -0.4 is 5.32 Å². The lowest BCUT2D eigenvalue weighted by Gasteiger charge is -2.17. The van der Waals surface area contributed by atoms with E-state index in [2.05, 4.69) is 5.32 Å². The minimum atomic E-state index is -1.07. The zero-order chi connectivity index (χ0) is 21.4. The van der Waals surface area contributed by atoms with Crippen molar-refractivity contribution in [3.05, 3.63) is 96.6 Å². The maximum Gasteiger partial charge on any atom is 0.327 e. The van der Waals surface area contributed by atoms with Gasteiger partial charge in [-0.3, -0.25) is 4.57 Å². The zero-order valence-corrected chi connectivity index (χ0v) is 16.7. The van der Waals surface area contributed by atoms with E-state index >= 15 is 0 Å². The fraction of sp³-hybridized carbons (Fsp3) is 0.0769. The minimum Gasteiger partial charge on any atom is -0.480 e. The topological polar surface area (TPSA) is 71.3 Å². The number of nitrogens with zero attached hydrogens (tertiary/aromatic N) is 1. The van der Waals surface area contributed by atoms with Crippen molar-refractivity contribution in [3.8, 4) is 0 Å². The van der Waals surface area contributed by atoms with Crippen LogP contribution in [0.2, 0.25) is 0 Å². The first-order chi connectivity index (χ1) is 15.1. The van der Waals surface area contributed by atoms with Gasteiger partial charge in [0, 0.05) is 17.2 Å². The molecule has 0 aliphatic rings. The van der Waals surface area contributed by atoms with Crippen molar-refractivity contribution in [3.63, 3.8) is 0 Å². The van der Waals surface area contributed by atoms with Crippen LogP contribution in [0.15, 0.2) is 91.0 Å². The third-order valence-electron chi connectivity index (χ3n) is 5.68. The molecule has 0 spiro atoms. The number of carbonyl (C=O) groups is 2. The highest BCUT2D eigenvalue weighted by molar-refractivity contribution is 6.13. The Hall–Kier alpha value is -4.12. The predicted molar refractivity (Wildman–Crippen MR) is 122 cm³/mol. The monoisotopic (exact) mass is 408 g/mol. The molecule has 4 aromatic carbocycles. The van der Waals surface area contributed by atoms with Crippen molar-refractivity contribution in [1.82, 2.24) is 9.88 Å². The van der Waals surface area contributed by atoms with Crippen LogP contribution in [-0.4, -0.2) is 27.7 Å². The number of carboxylic acids is 1. The standard InChI is InChI=1S/C26H20N2O3/c29-25(30)22(16-18-10-7-9-17-8-1-2-11-19(17)18)27-26(31)28-23-14-5-3-12-20(23)21-13-4-6-15-24(21)28/h1-15,22H,16H2,(H,27,31)(H,29,30)/t22-/m1/s1. The molecule has 31 heavy (non-hydrogen) atoms. The summed E-state index contributed by atoms with van der Waals surface area (Å²) < 4.78 is 1.56. The van der Waals surface area contributed by atoms with Gasteiger partial charge in [0.05, 0.1) is 11.0 Å². The number of nitrogens with one attached hydrogen (secondary N) is 1. The minimum absolute atomic E-state index is 0.194. The lowest BCUT2D eigenvalue weighted by Crippen LogP contribution is -2.44. The van der Waals surface area contributed by atoms with Crippen LogP contribution >= 0.6 is 0 Å². The Morgan fingerprint density at radius 1 is 0.742 bits per heavy atom. The van der Waals surface area contributed by atoms with Gasteiger partial charge >= 0.3 is 12.0 Å². The van der Waals surface area contributed by atoms with Crippen molar-refractivity contribution in [2.24, 2.45) is 0 Å². The summed E-state index contributed by atoms with van der Waals surface area (Å²) in [5, 5.41) is 16.5. The summed E-state index contributed by atoms with van der Waals surface area (Å²) in [5.41, 5.74) is 2.37. The van der Waals surface area contributed by atoms with Gasteiger partial charge in [0.2, 0.25) is 0 Å². The van der Waals surface area contributed by atoms with Gasteiger partial charge in [-0.1, -0.05) is 78.9 Å². The van der Waals surface area contributed by atoms with Crippen molar-refractivity contribution in [1.29, 1.82) is 0 Å². The van der Waals surface area contributed by atoms with Crippen molar-refractivity contribution >= 4 is 44.6 Å². The second-order valence-electron chi connectivity index (χ2n) is 7.55. The van der Waals surface area contributed by atoms with Crippen LogP contribution in [0.5, 0.6) is 0 Å². The van der Waals surface area contributed by atoms with Gasteiger partial charge in [-0.05, 0) is 28.5 Å². The maximum atomic E-state index is 13.3. The Bertz CT molecular complexity index is 1390. The van der Waals surface area contributed by atoms with Crippen molar-refractivity contribution in [2.75, 3.05) is 0 Å². The number of carboxylic acid groups (broad SMARTS) is 1. The van der Waals surface area contributed by atoms with E-state index in [4.69, 9.17) is 0 Å². The van der Waals surface area contributed by atoms with Gasteiger partial charge < -0.3 is 10.4 Å². The quantitative estimate of drug-likeness (QED) is 0.429. The first-order valence-corrected chi connectivity index (χ1v) is 10.1. The smallest absolute Gasteiger partial charge is 0.327 e. The molecule has 0 saturated heterocycles. The summed E-state index contributed by atoms with van der Waals surface area (Å²) in [4.78, 5) is 25.3. The van der Waals surface area contributed by atoms with E-state index in [1.807, 2.05) is 91.0 Å². The van der Waals surface area contributed by atoms with E-state index in [1.165, 1.54) is 0 Å². The normalized spacial score (nSPS) is 12.3. The number of aromatic nitrogens is 1. The molecule has 0 fully saturated rings. The van der Waals surface area contributed by atoms with Crippen LogP contribution in [0.1, 0.15) is 5.56 Å². The molecule has 0 aliphatic carbocycles. The number of amides is 1. The fourth-order valence-electron chi connectivity index (χ4n) is 4.25. The largest absolute Gasteiger partial charge is 0.480 e. The molecule has 0 aliphatic heterocycles. The summed E-state index contributed by atoms with van der Waals surface area (Å²) >= 11 is 0. The van der Waals surface area contributed by atoms with E-state index in [1.54, 1.807) is 4.57 Å². The highest BCUT2D eigenvalue weighted by Gasteiger charge is 2.24. The Labute approximate surface area is 178 Å². The summed E-state index contributed by atoms with van der Waals surface area (Å²) in [7, 11) is 0. The molecular weight excluding hydrogens is 388 g/mol.